The second-order valence-electron chi connectivity index (χ2n) is 2.61. The molecule has 0 heterocycles. The second-order valence-corrected chi connectivity index (χ2v) is 2.61. The van der Waals surface area contributed by atoms with Crippen LogP contribution in [0.3, 0.4) is 0 Å². The van der Waals surface area contributed by atoms with Gasteiger partial charge in [0, 0.05) is 12.5 Å². The number of rotatable bonds is 1. The van der Waals surface area contributed by atoms with Gasteiger partial charge in [-0.1, -0.05) is 19.1 Å². The van der Waals surface area contributed by atoms with Gasteiger partial charge in [-0.05, 0) is 11.6 Å². The van der Waals surface area contributed by atoms with E-state index < -0.39 is 6.17 Å². The molecule has 2 N–H and O–H groups in total. The Labute approximate surface area is 60.4 Å². The molecule has 2 heteroatoms. The fourth-order valence-electron chi connectivity index (χ4n) is 1.01. The van der Waals surface area contributed by atoms with Crippen LogP contribution in [0.1, 0.15) is 6.92 Å². The molecule has 10 heavy (non-hydrogen) atoms. The largest absolute Gasteiger partial charge is 0.327 e. The standard InChI is InChI=1S/C8H12FN/c1-6-4-7(5-10)2-3-8(6)9/h2-4,6,8H,5,10H2,1H3. The highest BCUT2D eigenvalue weighted by molar-refractivity contribution is 5.26. The molecular weight excluding hydrogens is 129 g/mol. The van der Waals surface area contributed by atoms with E-state index in [2.05, 4.69) is 0 Å². The normalized spacial score (nSPS) is 32.1. The summed E-state index contributed by atoms with van der Waals surface area (Å²) in [5.41, 5.74) is 6.40. The van der Waals surface area contributed by atoms with Gasteiger partial charge in [0.25, 0.3) is 0 Å². The summed E-state index contributed by atoms with van der Waals surface area (Å²) < 4.78 is 12.7. The van der Waals surface area contributed by atoms with Crippen LogP contribution >= 0.6 is 0 Å². The lowest BCUT2D eigenvalue weighted by atomic mass is 9.96. The monoisotopic (exact) mass is 141 g/mol. The van der Waals surface area contributed by atoms with Crippen molar-refractivity contribution >= 4 is 0 Å². The van der Waals surface area contributed by atoms with Gasteiger partial charge in [-0.25, -0.2) is 4.39 Å². The molecule has 1 rings (SSSR count). The van der Waals surface area contributed by atoms with Crippen LogP contribution in [-0.2, 0) is 0 Å². The van der Waals surface area contributed by atoms with Crippen LogP contribution in [0.2, 0.25) is 0 Å². The Kier molecular flexibility index (Phi) is 2.22. The SMILES string of the molecule is CC1C=C(CN)C=CC1F. The zero-order valence-electron chi connectivity index (χ0n) is 6.05. The lowest BCUT2D eigenvalue weighted by Gasteiger charge is -2.14. The van der Waals surface area contributed by atoms with Crippen molar-refractivity contribution in [2.45, 2.75) is 13.1 Å². The van der Waals surface area contributed by atoms with Gasteiger partial charge in [-0.2, -0.15) is 0 Å². The van der Waals surface area contributed by atoms with Crippen LogP contribution in [-0.4, -0.2) is 12.7 Å². The van der Waals surface area contributed by atoms with Crippen molar-refractivity contribution in [3.8, 4) is 0 Å². The second kappa shape index (κ2) is 2.97. The Hall–Kier alpha value is -0.630. The maximum atomic E-state index is 12.7. The molecule has 0 aromatic carbocycles. The van der Waals surface area contributed by atoms with Crippen LogP contribution in [0, 0.1) is 5.92 Å². The molecule has 2 unspecified atom stereocenters. The highest BCUT2D eigenvalue weighted by Crippen LogP contribution is 2.18. The smallest absolute Gasteiger partial charge is 0.125 e. The molecule has 0 aliphatic heterocycles. The molecule has 0 bridgehead atoms. The first-order valence-electron chi connectivity index (χ1n) is 3.47. The van der Waals surface area contributed by atoms with E-state index in [9.17, 15) is 4.39 Å². The number of alkyl halides is 1. The van der Waals surface area contributed by atoms with E-state index in [4.69, 9.17) is 5.73 Å². The molecule has 0 aromatic rings. The average Bonchev–Trinajstić information content (AvgIpc) is 1.95. The Morgan fingerprint density at radius 2 is 2.40 bits per heavy atom. The summed E-state index contributed by atoms with van der Waals surface area (Å²) in [6, 6.07) is 0. The van der Waals surface area contributed by atoms with Gasteiger partial charge in [0.05, 0.1) is 0 Å². The van der Waals surface area contributed by atoms with Crippen LogP contribution in [0.25, 0.3) is 0 Å². The van der Waals surface area contributed by atoms with E-state index in [0.717, 1.165) is 5.57 Å². The first-order chi connectivity index (χ1) is 4.74. The molecule has 0 saturated heterocycles. The fourth-order valence-corrected chi connectivity index (χ4v) is 1.01. The lowest BCUT2D eigenvalue weighted by Crippen LogP contribution is -2.14. The Balaban J connectivity index is 2.66. The maximum Gasteiger partial charge on any atom is 0.125 e. The zero-order chi connectivity index (χ0) is 7.56. The van der Waals surface area contributed by atoms with Gasteiger partial charge < -0.3 is 5.73 Å². The van der Waals surface area contributed by atoms with E-state index in [1.165, 1.54) is 0 Å². The maximum absolute atomic E-state index is 12.7. The Morgan fingerprint density at radius 1 is 1.70 bits per heavy atom. The molecule has 0 saturated carbocycles. The minimum absolute atomic E-state index is 0.0106. The van der Waals surface area contributed by atoms with Crippen molar-refractivity contribution in [1.82, 2.24) is 0 Å². The van der Waals surface area contributed by atoms with Crippen molar-refractivity contribution in [2.24, 2.45) is 11.7 Å². The van der Waals surface area contributed by atoms with Crippen LogP contribution in [0.15, 0.2) is 23.8 Å². The van der Waals surface area contributed by atoms with Crippen molar-refractivity contribution in [2.75, 3.05) is 6.54 Å². The third kappa shape index (κ3) is 1.45. The molecule has 1 aliphatic carbocycles. The van der Waals surface area contributed by atoms with Gasteiger partial charge in [-0.15, -0.1) is 0 Å². The first kappa shape index (κ1) is 7.48. The molecule has 0 aromatic heterocycles. The van der Waals surface area contributed by atoms with E-state index in [1.807, 2.05) is 13.0 Å². The minimum Gasteiger partial charge on any atom is -0.327 e. The van der Waals surface area contributed by atoms with Gasteiger partial charge in [-0.3, -0.25) is 0 Å². The number of halogens is 1. The third-order valence-corrected chi connectivity index (χ3v) is 1.71. The van der Waals surface area contributed by atoms with Crippen molar-refractivity contribution < 1.29 is 4.39 Å². The van der Waals surface area contributed by atoms with Gasteiger partial charge in [0.2, 0.25) is 0 Å². The van der Waals surface area contributed by atoms with E-state index >= 15 is 0 Å². The summed E-state index contributed by atoms with van der Waals surface area (Å²) in [6.07, 6.45) is 4.37. The van der Waals surface area contributed by atoms with E-state index in [0.29, 0.717) is 6.54 Å². The molecule has 1 nitrogen and oxygen atoms in total. The number of allylic oxidation sites excluding steroid dienone is 2. The molecule has 0 radical (unpaired) electrons. The predicted octanol–water partition coefficient (Wildman–Crippen LogP) is 1.42. The first-order valence-corrected chi connectivity index (χ1v) is 3.47. The van der Waals surface area contributed by atoms with Crippen molar-refractivity contribution in [1.29, 1.82) is 0 Å². The van der Waals surface area contributed by atoms with E-state index in [1.54, 1.807) is 12.2 Å². The topological polar surface area (TPSA) is 26.0 Å². The van der Waals surface area contributed by atoms with Crippen molar-refractivity contribution in [3.05, 3.63) is 23.8 Å². The predicted molar refractivity (Wildman–Crippen MR) is 40.3 cm³/mol. The molecule has 0 spiro atoms. The third-order valence-electron chi connectivity index (χ3n) is 1.71. The fraction of sp³-hybridized carbons (Fsp3) is 0.500. The van der Waals surface area contributed by atoms with Gasteiger partial charge in [0.15, 0.2) is 0 Å². The minimum atomic E-state index is -0.824. The summed E-state index contributed by atoms with van der Waals surface area (Å²) in [7, 11) is 0. The lowest BCUT2D eigenvalue weighted by molar-refractivity contribution is 0.332. The summed E-state index contributed by atoms with van der Waals surface area (Å²) >= 11 is 0. The number of nitrogens with two attached hydrogens (primary N) is 1. The quantitative estimate of drug-likeness (QED) is 0.587. The molecule has 0 fully saturated rings. The number of hydrogen-bond donors (Lipinski definition) is 1. The summed E-state index contributed by atoms with van der Waals surface area (Å²) in [4.78, 5) is 0. The van der Waals surface area contributed by atoms with Gasteiger partial charge >= 0.3 is 0 Å². The molecule has 2 atom stereocenters. The van der Waals surface area contributed by atoms with E-state index in [-0.39, 0.29) is 5.92 Å². The summed E-state index contributed by atoms with van der Waals surface area (Å²) in [5, 5.41) is 0. The average molecular weight is 141 g/mol. The zero-order valence-corrected chi connectivity index (χ0v) is 6.05. The highest BCUT2D eigenvalue weighted by Gasteiger charge is 2.14. The molecular formula is C8H12FN. The molecule has 0 amide bonds. The van der Waals surface area contributed by atoms with Crippen LogP contribution in [0.4, 0.5) is 4.39 Å². The van der Waals surface area contributed by atoms with Gasteiger partial charge in [0.1, 0.15) is 6.17 Å². The van der Waals surface area contributed by atoms with Crippen LogP contribution < -0.4 is 5.73 Å². The number of hydrogen-bond acceptors (Lipinski definition) is 1. The van der Waals surface area contributed by atoms with Crippen LogP contribution in [0.5, 0.6) is 0 Å². The Bertz CT molecular complexity index is 172. The summed E-state index contributed by atoms with van der Waals surface area (Å²) in [6.45, 7) is 2.36. The van der Waals surface area contributed by atoms with Crippen molar-refractivity contribution in [3.63, 3.8) is 0 Å². The Morgan fingerprint density at radius 3 is 2.90 bits per heavy atom. The summed E-state index contributed by atoms with van der Waals surface area (Å²) in [5.74, 6) is -0.0106. The molecule has 56 valence electrons. The highest BCUT2D eigenvalue weighted by atomic mass is 19.1. The molecule has 1 aliphatic rings.